The second kappa shape index (κ2) is 8.56. The number of amides is 2. The maximum absolute atomic E-state index is 12.5. The molecule has 2 amide bonds. The first-order valence-electron chi connectivity index (χ1n) is 9.57. The summed E-state index contributed by atoms with van der Waals surface area (Å²) in [5, 5.41) is 16.2. The molecule has 2 N–H and O–H groups in total. The molecule has 28 heavy (non-hydrogen) atoms. The van der Waals surface area contributed by atoms with Crippen molar-refractivity contribution in [2.24, 2.45) is 10.2 Å². The van der Waals surface area contributed by atoms with Gasteiger partial charge in [0.05, 0.1) is 0 Å². The van der Waals surface area contributed by atoms with Gasteiger partial charge in [-0.15, -0.1) is 5.10 Å². The van der Waals surface area contributed by atoms with E-state index in [2.05, 4.69) is 20.8 Å². The summed E-state index contributed by atoms with van der Waals surface area (Å²) in [4.78, 5) is 24.7. The van der Waals surface area contributed by atoms with Crippen molar-refractivity contribution in [2.45, 2.75) is 43.8 Å². The Morgan fingerprint density at radius 2 is 1.86 bits per heavy atom. The highest BCUT2D eigenvalue weighted by Gasteiger charge is 2.32. The molecule has 2 aromatic rings. The molecule has 1 saturated carbocycles. The van der Waals surface area contributed by atoms with E-state index in [1.54, 1.807) is 0 Å². The molecule has 1 heterocycles. The third kappa shape index (κ3) is 4.42. The van der Waals surface area contributed by atoms with Crippen LogP contribution in [0.4, 0.5) is 5.69 Å². The van der Waals surface area contributed by atoms with E-state index in [4.69, 9.17) is 0 Å². The zero-order chi connectivity index (χ0) is 19.3. The molecule has 0 spiro atoms. The Balaban J connectivity index is 1.38. The second-order valence-electron chi connectivity index (χ2n) is 7.01. The molecule has 7 heteroatoms. The number of hydrogen-bond donors (Lipinski definition) is 2. The smallest absolute Gasteiger partial charge is 0.240 e. The van der Waals surface area contributed by atoms with Crippen molar-refractivity contribution < 1.29 is 9.59 Å². The first-order chi connectivity index (χ1) is 13.7. The Bertz CT molecular complexity index is 957. The van der Waals surface area contributed by atoms with Crippen LogP contribution in [0.15, 0.2) is 52.7 Å². The molecule has 2 aromatic carbocycles. The fourth-order valence-electron chi connectivity index (χ4n) is 3.47. The molecule has 1 aliphatic carbocycles. The van der Waals surface area contributed by atoms with Crippen LogP contribution in [0, 0.1) is 0 Å². The van der Waals surface area contributed by atoms with Gasteiger partial charge in [-0.1, -0.05) is 54.6 Å². The minimum absolute atomic E-state index is 0.0926. The highest BCUT2D eigenvalue weighted by atomic mass is 32.2. The van der Waals surface area contributed by atoms with E-state index < -0.39 is 5.25 Å². The first-order valence-corrected chi connectivity index (χ1v) is 10.5. The van der Waals surface area contributed by atoms with Gasteiger partial charge < -0.3 is 10.6 Å². The predicted molar refractivity (Wildman–Crippen MR) is 115 cm³/mol. The van der Waals surface area contributed by atoms with Gasteiger partial charge in [0, 0.05) is 23.2 Å². The molecule has 1 saturated heterocycles. The number of rotatable bonds is 4. The van der Waals surface area contributed by atoms with Crippen molar-refractivity contribution in [1.82, 2.24) is 5.32 Å². The summed E-state index contributed by atoms with van der Waals surface area (Å²) in [6, 6.07) is 13.7. The molecule has 144 valence electrons. The third-order valence-electron chi connectivity index (χ3n) is 4.92. The number of thioether (sulfide) groups is 1. The minimum atomic E-state index is -0.486. The number of nitrogens with one attached hydrogen (secondary N) is 2. The molecule has 0 unspecified atom stereocenters. The largest absolute Gasteiger partial charge is 0.325 e. The van der Waals surface area contributed by atoms with Crippen molar-refractivity contribution in [3.63, 3.8) is 0 Å². The average Bonchev–Trinajstić information content (AvgIpc) is 3.06. The average molecular weight is 395 g/mol. The molecule has 0 bridgehead atoms. The van der Waals surface area contributed by atoms with Crippen molar-refractivity contribution in [1.29, 1.82) is 0 Å². The van der Waals surface area contributed by atoms with Crippen LogP contribution in [0.5, 0.6) is 0 Å². The lowest BCUT2D eigenvalue weighted by atomic mass is 9.99. The summed E-state index contributed by atoms with van der Waals surface area (Å²) in [7, 11) is 0. The van der Waals surface area contributed by atoms with E-state index >= 15 is 0 Å². The van der Waals surface area contributed by atoms with Gasteiger partial charge >= 0.3 is 0 Å². The summed E-state index contributed by atoms with van der Waals surface area (Å²) >= 11 is 1.27. The van der Waals surface area contributed by atoms with E-state index in [1.807, 2.05) is 42.5 Å². The van der Waals surface area contributed by atoms with Crippen LogP contribution < -0.4 is 10.6 Å². The molecule has 0 radical (unpaired) electrons. The maximum Gasteiger partial charge on any atom is 0.240 e. The fourth-order valence-corrected chi connectivity index (χ4v) is 4.38. The molecular weight excluding hydrogens is 372 g/mol. The quantitative estimate of drug-likeness (QED) is 0.767. The normalized spacial score (nSPS) is 21.0. The van der Waals surface area contributed by atoms with Crippen LogP contribution in [0.25, 0.3) is 10.8 Å². The van der Waals surface area contributed by atoms with Crippen LogP contribution in [0.1, 0.15) is 38.5 Å². The second-order valence-corrected chi connectivity index (χ2v) is 8.20. The van der Waals surface area contributed by atoms with Crippen molar-refractivity contribution in [2.75, 3.05) is 5.32 Å². The summed E-state index contributed by atoms with van der Waals surface area (Å²) in [6.07, 6.45) is 5.60. The SMILES string of the molecule is O=C(C[C@@H]1S/C(=N/N=C2CCCCC2)NC1=O)Nc1cccc2ccccc12. The number of anilines is 1. The summed E-state index contributed by atoms with van der Waals surface area (Å²) in [5.41, 5.74) is 1.84. The van der Waals surface area contributed by atoms with Crippen LogP contribution in [0.2, 0.25) is 0 Å². The molecule has 1 atom stereocenters. The summed E-state index contributed by atoms with van der Waals surface area (Å²) in [5.74, 6) is -0.385. The van der Waals surface area contributed by atoms with Gasteiger partial charge in [-0.2, -0.15) is 5.10 Å². The molecule has 0 aromatic heterocycles. The van der Waals surface area contributed by atoms with Crippen LogP contribution in [-0.4, -0.2) is 27.9 Å². The van der Waals surface area contributed by atoms with Gasteiger partial charge in [-0.25, -0.2) is 0 Å². The Morgan fingerprint density at radius 1 is 1.07 bits per heavy atom. The number of carbonyl (C=O) groups is 2. The highest BCUT2D eigenvalue weighted by molar-refractivity contribution is 8.15. The van der Waals surface area contributed by atoms with Gasteiger partial charge in [0.2, 0.25) is 11.8 Å². The molecular formula is C21H22N4O2S. The van der Waals surface area contributed by atoms with E-state index in [9.17, 15) is 9.59 Å². The number of fused-ring (bicyclic) bond motifs is 1. The minimum Gasteiger partial charge on any atom is -0.325 e. The maximum atomic E-state index is 12.5. The molecule has 1 aliphatic heterocycles. The van der Waals surface area contributed by atoms with Gasteiger partial charge in [0.15, 0.2) is 5.17 Å². The van der Waals surface area contributed by atoms with E-state index in [0.717, 1.165) is 47.9 Å². The lowest BCUT2D eigenvalue weighted by Gasteiger charge is -2.10. The van der Waals surface area contributed by atoms with Gasteiger partial charge in [0.1, 0.15) is 5.25 Å². The fraction of sp³-hybridized carbons (Fsp3) is 0.333. The Kier molecular flexibility index (Phi) is 5.71. The number of benzene rings is 2. The van der Waals surface area contributed by atoms with Gasteiger partial charge in [-0.05, 0) is 37.1 Å². The van der Waals surface area contributed by atoms with Crippen LogP contribution >= 0.6 is 11.8 Å². The van der Waals surface area contributed by atoms with Gasteiger partial charge in [-0.3, -0.25) is 9.59 Å². The number of hydrogen-bond acceptors (Lipinski definition) is 5. The number of carbonyl (C=O) groups excluding carboxylic acids is 2. The summed E-state index contributed by atoms with van der Waals surface area (Å²) < 4.78 is 0. The molecule has 2 fully saturated rings. The zero-order valence-corrected chi connectivity index (χ0v) is 16.3. The molecule has 4 rings (SSSR count). The number of nitrogens with zero attached hydrogens (tertiary/aromatic N) is 2. The Labute approximate surface area is 167 Å². The molecule has 6 nitrogen and oxygen atoms in total. The Hall–Kier alpha value is -2.67. The lowest BCUT2D eigenvalue weighted by molar-refractivity contribution is -0.122. The van der Waals surface area contributed by atoms with Crippen molar-refractivity contribution >= 4 is 50.9 Å². The van der Waals surface area contributed by atoms with Crippen LogP contribution in [0.3, 0.4) is 0 Å². The first kappa shape index (κ1) is 18.7. The molecule has 2 aliphatic rings. The van der Waals surface area contributed by atoms with E-state index in [-0.39, 0.29) is 18.2 Å². The topological polar surface area (TPSA) is 82.9 Å². The zero-order valence-electron chi connectivity index (χ0n) is 15.5. The standard InChI is InChI=1S/C21H22N4O2S/c26-19(22-17-12-6-8-14-7-4-5-11-16(14)17)13-18-20(27)23-21(28-18)25-24-15-9-2-1-3-10-15/h4-8,11-12,18H,1-3,9-10,13H2,(H,22,26)(H,23,25,27)/t18-/m0/s1. The Morgan fingerprint density at radius 3 is 2.71 bits per heavy atom. The van der Waals surface area contributed by atoms with E-state index in [0.29, 0.717) is 5.17 Å². The van der Waals surface area contributed by atoms with E-state index in [1.165, 1.54) is 18.2 Å². The highest BCUT2D eigenvalue weighted by Crippen LogP contribution is 2.26. The van der Waals surface area contributed by atoms with Crippen molar-refractivity contribution in [3.05, 3.63) is 42.5 Å². The predicted octanol–water partition coefficient (Wildman–Crippen LogP) is 4.08. The third-order valence-corrected chi connectivity index (χ3v) is 6.00. The van der Waals surface area contributed by atoms with Gasteiger partial charge in [0.25, 0.3) is 0 Å². The number of amidine groups is 1. The lowest BCUT2D eigenvalue weighted by Crippen LogP contribution is -2.28. The monoisotopic (exact) mass is 394 g/mol. The van der Waals surface area contributed by atoms with Crippen molar-refractivity contribution in [3.8, 4) is 0 Å². The summed E-state index contributed by atoms with van der Waals surface area (Å²) in [6.45, 7) is 0. The van der Waals surface area contributed by atoms with Crippen LogP contribution in [-0.2, 0) is 9.59 Å².